The molecule has 0 aromatic heterocycles. The summed E-state index contributed by atoms with van der Waals surface area (Å²) in [5.74, 6) is 0. The summed E-state index contributed by atoms with van der Waals surface area (Å²) in [6, 6.07) is 0. The molecule has 44 heavy (non-hydrogen) atoms. The number of aliphatic hydroxyl groups is 1. The molecule has 0 fully saturated rings. The van der Waals surface area contributed by atoms with Crippen molar-refractivity contribution < 1.29 is 22.0 Å². The fourth-order valence-electron chi connectivity index (χ4n) is 7.19. The predicted octanol–water partition coefficient (Wildman–Crippen LogP) is 10.7. The zero-order valence-corrected chi connectivity index (χ0v) is 31.9. The van der Waals surface area contributed by atoms with Gasteiger partial charge in [-0.05, 0) is 32.6 Å². The minimum absolute atomic E-state index is 0. The Morgan fingerprint density at radius 3 is 0.682 bits per heavy atom. The first-order valence-electron chi connectivity index (χ1n) is 20.7. The first kappa shape index (κ1) is 46.3. The van der Waals surface area contributed by atoms with Crippen LogP contribution >= 0.6 is 0 Å². The van der Waals surface area contributed by atoms with E-state index in [1.165, 1.54) is 232 Å². The number of aliphatic hydroxyl groups excluding tert-OH is 1. The highest BCUT2D eigenvalue weighted by atomic mass is 35.5. The third-order valence-electron chi connectivity index (χ3n) is 10.5. The quantitative estimate of drug-likeness (QED) is 0.0524. The minimum atomic E-state index is 0. The standard InChI is InChI=1S/C41H86NO.ClH/c1-4-7-9-11-13-15-17-19-21-23-25-27-29-31-33-35-37-39-42(6-3,40-41-43)38-36-34-32-30-28-26-24-22-20-18-16-14-12-10-8-5-2;/h43H,4-41H2,1-3H3;1H/q+1;/p-1. The van der Waals surface area contributed by atoms with Crippen LogP contribution in [0.15, 0.2) is 0 Å². The van der Waals surface area contributed by atoms with E-state index in [2.05, 4.69) is 20.8 Å². The summed E-state index contributed by atoms with van der Waals surface area (Å²) in [7, 11) is 0. The molecule has 1 unspecified atom stereocenters. The van der Waals surface area contributed by atoms with Crippen molar-refractivity contribution in [3.05, 3.63) is 0 Å². The summed E-state index contributed by atoms with van der Waals surface area (Å²) < 4.78 is 1.16. The molecule has 3 heteroatoms. The van der Waals surface area contributed by atoms with Gasteiger partial charge < -0.3 is 22.0 Å². The molecule has 2 nitrogen and oxygen atoms in total. The van der Waals surface area contributed by atoms with Gasteiger partial charge in [0.05, 0.1) is 26.2 Å². The Bertz CT molecular complexity index is 501. The molecule has 0 aliphatic rings. The maximum Gasteiger partial charge on any atom is 0.102 e. The van der Waals surface area contributed by atoms with Crippen molar-refractivity contribution in [1.82, 2.24) is 0 Å². The maximum absolute atomic E-state index is 9.80. The number of rotatable bonds is 38. The third kappa shape index (κ3) is 33.6. The Kier molecular flexibility index (Phi) is 41.5. The lowest BCUT2D eigenvalue weighted by molar-refractivity contribution is -0.927. The van der Waals surface area contributed by atoms with Crippen molar-refractivity contribution in [2.45, 2.75) is 233 Å². The third-order valence-corrected chi connectivity index (χ3v) is 10.5. The molecule has 268 valence electrons. The predicted molar refractivity (Wildman–Crippen MR) is 196 cm³/mol. The van der Waals surface area contributed by atoms with E-state index in [1.54, 1.807) is 0 Å². The van der Waals surface area contributed by atoms with E-state index in [0.29, 0.717) is 6.61 Å². The van der Waals surface area contributed by atoms with Gasteiger partial charge in [0.25, 0.3) is 0 Å². The second kappa shape index (κ2) is 39.4. The van der Waals surface area contributed by atoms with Crippen LogP contribution in [0, 0.1) is 0 Å². The van der Waals surface area contributed by atoms with Crippen LogP contribution in [-0.2, 0) is 0 Å². The van der Waals surface area contributed by atoms with Crippen LogP contribution in [0.2, 0.25) is 0 Å². The lowest BCUT2D eigenvalue weighted by Gasteiger charge is -2.37. The van der Waals surface area contributed by atoms with E-state index in [-0.39, 0.29) is 12.4 Å². The molecule has 0 aliphatic heterocycles. The average molecular weight is 645 g/mol. The van der Waals surface area contributed by atoms with Crippen LogP contribution in [0.1, 0.15) is 233 Å². The summed E-state index contributed by atoms with van der Waals surface area (Å²) in [6.45, 7) is 12.1. The molecule has 0 amide bonds. The van der Waals surface area contributed by atoms with Gasteiger partial charge in [-0.1, -0.05) is 200 Å². The monoisotopic (exact) mass is 644 g/mol. The molecular formula is C41H86ClNO. The van der Waals surface area contributed by atoms with E-state index < -0.39 is 0 Å². The Morgan fingerprint density at radius 1 is 0.295 bits per heavy atom. The van der Waals surface area contributed by atoms with Crippen molar-refractivity contribution >= 4 is 0 Å². The highest BCUT2D eigenvalue weighted by Gasteiger charge is 2.23. The fourth-order valence-corrected chi connectivity index (χ4v) is 7.19. The average Bonchev–Trinajstić information content (AvgIpc) is 3.02. The summed E-state index contributed by atoms with van der Waals surface area (Å²) in [6.07, 6.45) is 47.5. The Hall–Kier alpha value is 0.210. The molecular weight excluding hydrogens is 558 g/mol. The molecule has 0 radical (unpaired) electrons. The van der Waals surface area contributed by atoms with Crippen molar-refractivity contribution in [2.24, 2.45) is 0 Å². The number of likely N-dealkylation sites (N-methyl/N-ethyl adjacent to an activating group) is 1. The Morgan fingerprint density at radius 2 is 0.500 bits per heavy atom. The number of hydrogen-bond donors (Lipinski definition) is 1. The van der Waals surface area contributed by atoms with Crippen molar-refractivity contribution in [2.75, 3.05) is 32.8 Å². The largest absolute Gasteiger partial charge is 1.00 e. The number of halogens is 1. The Balaban J connectivity index is 0. The van der Waals surface area contributed by atoms with Gasteiger partial charge >= 0.3 is 0 Å². The van der Waals surface area contributed by atoms with Gasteiger partial charge in [0.15, 0.2) is 0 Å². The second-order valence-corrected chi connectivity index (χ2v) is 14.5. The van der Waals surface area contributed by atoms with E-state index in [0.717, 1.165) is 11.0 Å². The first-order valence-corrected chi connectivity index (χ1v) is 20.7. The molecule has 0 aromatic rings. The number of hydrogen-bond acceptors (Lipinski definition) is 1. The van der Waals surface area contributed by atoms with Crippen LogP contribution in [-0.4, -0.2) is 42.4 Å². The van der Waals surface area contributed by atoms with E-state index in [1.807, 2.05) is 0 Å². The van der Waals surface area contributed by atoms with Crippen LogP contribution in [0.25, 0.3) is 0 Å². The summed E-state index contributed by atoms with van der Waals surface area (Å²) in [5, 5.41) is 9.80. The van der Waals surface area contributed by atoms with Gasteiger partial charge in [0, 0.05) is 0 Å². The molecule has 0 aromatic carbocycles. The minimum Gasteiger partial charge on any atom is -1.00 e. The van der Waals surface area contributed by atoms with Gasteiger partial charge in [-0.25, -0.2) is 0 Å². The Labute approximate surface area is 286 Å². The number of quaternary nitrogens is 1. The maximum atomic E-state index is 9.80. The lowest BCUT2D eigenvalue weighted by Crippen LogP contribution is -3.00. The van der Waals surface area contributed by atoms with Gasteiger partial charge in [-0.15, -0.1) is 0 Å². The first-order chi connectivity index (χ1) is 21.2. The molecule has 1 N–H and O–H groups in total. The molecule has 0 saturated carbocycles. The lowest BCUT2D eigenvalue weighted by atomic mass is 10.0. The topological polar surface area (TPSA) is 20.2 Å². The van der Waals surface area contributed by atoms with Gasteiger partial charge in [0.1, 0.15) is 6.54 Å². The molecule has 0 heterocycles. The van der Waals surface area contributed by atoms with E-state index in [9.17, 15) is 5.11 Å². The van der Waals surface area contributed by atoms with Crippen LogP contribution in [0.5, 0.6) is 0 Å². The number of unbranched alkanes of at least 4 members (excludes halogenated alkanes) is 31. The molecule has 0 saturated heterocycles. The smallest absolute Gasteiger partial charge is 0.102 e. The zero-order valence-electron chi connectivity index (χ0n) is 31.1. The van der Waals surface area contributed by atoms with Crippen LogP contribution < -0.4 is 12.4 Å². The zero-order chi connectivity index (χ0) is 31.4. The van der Waals surface area contributed by atoms with Crippen LogP contribution in [0.4, 0.5) is 0 Å². The highest BCUT2D eigenvalue weighted by molar-refractivity contribution is 4.54. The fraction of sp³-hybridized carbons (Fsp3) is 1.00. The molecule has 0 bridgehead atoms. The number of nitrogens with zero attached hydrogens (tertiary/aromatic N) is 1. The van der Waals surface area contributed by atoms with Crippen molar-refractivity contribution in [3.8, 4) is 0 Å². The molecule has 0 rings (SSSR count). The van der Waals surface area contributed by atoms with Gasteiger partial charge in [-0.3, -0.25) is 0 Å². The van der Waals surface area contributed by atoms with Gasteiger partial charge in [0.2, 0.25) is 0 Å². The van der Waals surface area contributed by atoms with Crippen LogP contribution in [0.3, 0.4) is 0 Å². The molecule has 0 spiro atoms. The second-order valence-electron chi connectivity index (χ2n) is 14.5. The van der Waals surface area contributed by atoms with Crippen molar-refractivity contribution in [1.29, 1.82) is 0 Å². The molecule has 0 aliphatic carbocycles. The highest BCUT2D eigenvalue weighted by Crippen LogP contribution is 2.18. The van der Waals surface area contributed by atoms with E-state index >= 15 is 0 Å². The summed E-state index contributed by atoms with van der Waals surface area (Å²) in [5.41, 5.74) is 0. The normalized spacial score (nSPS) is 12.8. The van der Waals surface area contributed by atoms with Gasteiger partial charge in [-0.2, -0.15) is 0 Å². The SMILES string of the molecule is CCCCCCCCCCCCCCCCCCC[N+](CC)(CCO)CCCCCCCCCCCCCCCCCC.[Cl-]. The molecule has 1 atom stereocenters. The summed E-state index contributed by atoms with van der Waals surface area (Å²) in [4.78, 5) is 0. The summed E-state index contributed by atoms with van der Waals surface area (Å²) >= 11 is 0. The van der Waals surface area contributed by atoms with E-state index in [4.69, 9.17) is 0 Å². The van der Waals surface area contributed by atoms with Crippen molar-refractivity contribution in [3.63, 3.8) is 0 Å².